The second-order valence-electron chi connectivity index (χ2n) is 7.05. The van der Waals surface area contributed by atoms with Crippen molar-refractivity contribution < 1.29 is 18.7 Å². The number of anilines is 1. The molecule has 160 valence electrons. The lowest BCUT2D eigenvalue weighted by atomic mass is 9.88. The maximum Gasteiger partial charge on any atom is 0.319 e. The Morgan fingerprint density at radius 3 is 2.73 bits per heavy atom. The van der Waals surface area contributed by atoms with Crippen LogP contribution in [0.1, 0.15) is 18.0 Å². The minimum absolute atomic E-state index is 0.0535. The van der Waals surface area contributed by atoms with E-state index < -0.39 is 29.7 Å². The van der Waals surface area contributed by atoms with Gasteiger partial charge < -0.3 is 21.1 Å². The molecule has 2 heterocycles. The highest BCUT2D eigenvalue weighted by Crippen LogP contribution is 2.29. The fourth-order valence-corrected chi connectivity index (χ4v) is 3.64. The van der Waals surface area contributed by atoms with E-state index in [1.807, 2.05) is 4.90 Å². The number of carbonyl (C=O) groups excluding carboxylic acids is 2. The highest BCUT2D eigenvalue weighted by Gasteiger charge is 2.34. The number of likely N-dealkylation sites (tertiary alicyclic amines) is 1. The molecular weight excluding hydrogens is 413 g/mol. The number of pyridine rings is 1. The van der Waals surface area contributed by atoms with Crippen LogP contribution < -0.4 is 21.1 Å². The molecular formula is C20H23ClFN5O3. The van der Waals surface area contributed by atoms with E-state index in [0.29, 0.717) is 36.0 Å². The number of methoxy groups -OCH3 is 1. The molecule has 1 aromatic carbocycles. The molecule has 3 amide bonds. The number of ether oxygens (including phenoxy) is 1. The van der Waals surface area contributed by atoms with E-state index >= 15 is 0 Å². The van der Waals surface area contributed by atoms with Crippen LogP contribution in [0.5, 0.6) is 5.75 Å². The van der Waals surface area contributed by atoms with Crippen LogP contribution in [0.15, 0.2) is 36.5 Å². The number of aromatic nitrogens is 1. The van der Waals surface area contributed by atoms with Crippen molar-refractivity contribution in [2.75, 3.05) is 32.1 Å². The average molecular weight is 436 g/mol. The number of amides is 3. The molecule has 0 aliphatic carbocycles. The zero-order valence-corrected chi connectivity index (χ0v) is 17.2. The molecule has 8 nitrogen and oxygen atoms in total. The summed E-state index contributed by atoms with van der Waals surface area (Å²) in [5.74, 6) is -1.18. The smallest absolute Gasteiger partial charge is 0.319 e. The van der Waals surface area contributed by atoms with Gasteiger partial charge in [-0.25, -0.2) is 9.18 Å². The third-order valence-electron chi connectivity index (χ3n) is 4.93. The van der Waals surface area contributed by atoms with Gasteiger partial charge in [0.2, 0.25) is 5.91 Å². The van der Waals surface area contributed by atoms with Crippen molar-refractivity contribution >= 4 is 29.2 Å². The van der Waals surface area contributed by atoms with Gasteiger partial charge in [-0.1, -0.05) is 11.6 Å². The van der Waals surface area contributed by atoms with E-state index in [-0.39, 0.29) is 12.2 Å². The highest BCUT2D eigenvalue weighted by molar-refractivity contribution is 6.30. The number of hydrogen-bond donors (Lipinski definition) is 3. The second kappa shape index (κ2) is 9.73. The molecule has 3 rings (SSSR count). The molecule has 0 saturated carbocycles. The number of piperidine rings is 1. The fourth-order valence-electron chi connectivity index (χ4n) is 3.52. The van der Waals surface area contributed by atoms with Gasteiger partial charge in [-0.15, -0.1) is 0 Å². The zero-order chi connectivity index (χ0) is 21.7. The molecule has 0 spiro atoms. The molecule has 1 aromatic heterocycles. The number of urea groups is 1. The first-order valence-corrected chi connectivity index (χ1v) is 9.76. The molecule has 0 unspecified atom stereocenters. The van der Waals surface area contributed by atoms with Gasteiger partial charge in [0.25, 0.3) is 0 Å². The minimum atomic E-state index is -0.537. The molecule has 1 fully saturated rings. The number of nitrogens with one attached hydrogen (secondary N) is 2. The Bertz CT molecular complexity index is 912. The van der Waals surface area contributed by atoms with Crippen LogP contribution in [0.2, 0.25) is 5.02 Å². The van der Waals surface area contributed by atoms with Gasteiger partial charge in [0.1, 0.15) is 11.6 Å². The Hall–Kier alpha value is -2.91. The summed E-state index contributed by atoms with van der Waals surface area (Å²) in [7, 11) is 1.43. The Morgan fingerprint density at radius 2 is 2.10 bits per heavy atom. The zero-order valence-electron chi connectivity index (χ0n) is 16.4. The number of hydrogen-bond acceptors (Lipinski definition) is 5. The highest BCUT2D eigenvalue weighted by atomic mass is 35.5. The maximum absolute atomic E-state index is 14.7. The topological polar surface area (TPSA) is 110 Å². The Kier molecular flexibility index (Phi) is 7.07. The predicted octanol–water partition coefficient (Wildman–Crippen LogP) is 2.35. The van der Waals surface area contributed by atoms with E-state index in [2.05, 4.69) is 15.6 Å². The average Bonchev–Trinajstić information content (AvgIpc) is 2.70. The van der Waals surface area contributed by atoms with Gasteiger partial charge in [0, 0.05) is 41.8 Å². The summed E-state index contributed by atoms with van der Waals surface area (Å²) in [6, 6.07) is 7.12. The normalized spacial score (nSPS) is 19.2. The molecule has 1 aliphatic rings. The number of carbonyl (C=O) groups is 2. The quantitative estimate of drug-likeness (QED) is 0.645. The molecule has 1 saturated heterocycles. The van der Waals surface area contributed by atoms with Crippen LogP contribution in [0.25, 0.3) is 0 Å². The van der Waals surface area contributed by atoms with Gasteiger partial charge in [-0.3, -0.25) is 14.7 Å². The third-order valence-corrected chi connectivity index (χ3v) is 5.18. The molecule has 2 atom stereocenters. The number of nitrogens with two attached hydrogens (primary N) is 1. The van der Waals surface area contributed by atoms with Crippen LogP contribution in [-0.4, -0.2) is 54.6 Å². The SMILES string of the molecule is COc1cnc([C@@H]2CN(CC(N)=O)CC[C@H]2NC(=O)Nc2ccc(Cl)cc2)c(F)c1. The summed E-state index contributed by atoms with van der Waals surface area (Å²) < 4.78 is 19.7. The molecule has 10 heteroatoms. The maximum atomic E-state index is 14.7. The largest absolute Gasteiger partial charge is 0.495 e. The summed E-state index contributed by atoms with van der Waals surface area (Å²) in [4.78, 5) is 29.9. The molecule has 1 aliphatic heterocycles. The van der Waals surface area contributed by atoms with Crippen molar-refractivity contribution in [3.05, 3.63) is 53.1 Å². The monoisotopic (exact) mass is 435 g/mol. The van der Waals surface area contributed by atoms with Gasteiger partial charge in [0.05, 0.1) is 25.5 Å². The molecule has 4 N–H and O–H groups in total. The first-order valence-electron chi connectivity index (χ1n) is 9.39. The molecule has 0 radical (unpaired) electrons. The number of halogens is 2. The standard InChI is InChI=1S/C20H23ClFN5O3/c1-30-14-8-16(22)19(24-9-14)15-10-27(11-18(23)28)7-6-17(15)26-20(29)25-13-4-2-12(21)3-5-13/h2-5,8-9,15,17H,6-7,10-11H2,1H3,(H2,23,28)(H2,25,26,29)/t15-,17-/m1/s1. The van der Waals surface area contributed by atoms with Crippen LogP contribution in [0.4, 0.5) is 14.9 Å². The summed E-state index contributed by atoms with van der Waals surface area (Å²) in [5, 5.41) is 6.19. The fraction of sp³-hybridized carbons (Fsp3) is 0.350. The van der Waals surface area contributed by atoms with Crippen LogP contribution >= 0.6 is 11.6 Å². The van der Waals surface area contributed by atoms with Crippen molar-refractivity contribution in [3.8, 4) is 5.75 Å². The molecule has 0 bridgehead atoms. The Morgan fingerprint density at radius 1 is 1.37 bits per heavy atom. The van der Waals surface area contributed by atoms with Crippen molar-refractivity contribution in [1.29, 1.82) is 0 Å². The van der Waals surface area contributed by atoms with E-state index in [1.165, 1.54) is 19.4 Å². The Labute approximate surface area is 178 Å². The van der Waals surface area contributed by atoms with Crippen molar-refractivity contribution in [2.24, 2.45) is 5.73 Å². The first kappa shape index (κ1) is 21.8. The first-order chi connectivity index (χ1) is 14.4. The minimum Gasteiger partial charge on any atom is -0.495 e. The van der Waals surface area contributed by atoms with Gasteiger partial charge in [-0.05, 0) is 30.7 Å². The van der Waals surface area contributed by atoms with Crippen molar-refractivity contribution in [3.63, 3.8) is 0 Å². The van der Waals surface area contributed by atoms with Gasteiger partial charge in [0.15, 0.2) is 0 Å². The number of benzene rings is 1. The summed E-state index contributed by atoms with van der Waals surface area (Å²) in [5.41, 5.74) is 6.08. The van der Waals surface area contributed by atoms with Crippen molar-refractivity contribution in [2.45, 2.75) is 18.4 Å². The lowest BCUT2D eigenvalue weighted by molar-refractivity contribution is -0.119. The number of nitrogens with zero attached hydrogens (tertiary/aromatic N) is 2. The van der Waals surface area contributed by atoms with Gasteiger partial charge >= 0.3 is 6.03 Å². The second-order valence-corrected chi connectivity index (χ2v) is 7.49. The summed E-state index contributed by atoms with van der Waals surface area (Å²) in [6.45, 7) is 0.909. The van der Waals surface area contributed by atoms with Crippen molar-refractivity contribution in [1.82, 2.24) is 15.2 Å². The summed E-state index contributed by atoms with van der Waals surface area (Å²) >= 11 is 5.86. The van der Waals surface area contributed by atoms with Crippen LogP contribution in [0.3, 0.4) is 0 Å². The third kappa shape index (κ3) is 5.58. The lowest BCUT2D eigenvalue weighted by Gasteiger charge is -2.38. The molecule has 30 heavy (non-hydrogen) atoms. The van der Waals surface area contributed by atoms with E-state index in [0.717, 1.165) is 0 Å². The van der Waals surface area contributed by atoms with E-state index in [1.54, 1.807) is 24.3 Å². The van der Waals surface area contributed by atoms with Crippen LogP contribution in [0, 0.1) is 5.82 Å². The summed E-state index contributed by atoms with van der Waals surface area (Å²) in [6.07, 6.45) is 1.93. The van der Waals surface area contributed by atoms with E-state index in [9.17, 15) is 14.0 Å². The van der Waals surface area contributed by atoms with Crippen LogP contribution in [-0.2, 0) is 4.79 Å². The lowest BCUT2D eigenvalue weighted by Crippen LogP contribution is -2.52. The number of rotatable bonds is 6. The number of primary amides is 1. The molecule has 2 aromatic rings. The Balaban J connectivity index is 1.77. The van der Waals surface area contributed by atoms with E-state index in [4.69, 9.17) is 22.1 Å². The van der Waals surface area contributed by atoms with Gasteiger partial charge in [-0.2, -0.15) is 0 Å². The predicted molar refractivity (Wildman–Crippen MR) is 111 cm³/mol.